The van der Waals surface area contributed by atoms with Gasteiger partial charge in [0.15, 0.2) is 5.78 Å². The summed E-state index contributed by atoms with van der Waals surface area (Å²) in [6.07, 6.45) is 3.93. The van der Waals surface area contributed by atoms with Gasteiger partial charge in [0.25, 0.3) is 0 Å². The number of aromatic nitrogens is 3. The van der Waals surface area contributed by atoms with E-state index in [4.69, 9.17) is 5.26 Å². The van der Waals surface area contributed by atoms with Crippen molar-refractivity contribution in [1.82, 2.24) is 14.8 Å². The molecule has 8 nitrogen and oxygen atoms in total. The van der Waals surface area contributed by atoms with Crippen LogP contribution in [0.3, 0.4) is 0 Å². The number of carbonyl (C=O) groups excluding carboxylic acids is 1. The fraction of sp³-hybridized carbons (Fsp3) is 0.231. The number of nitrogens with zero attached hydrogens (tertiary/aromatic N) is 5. The minimum Gasteiger partial charge on any atom is -0.298 e. The van der Waals surface area contributed by atoms with Gasteiger partial charge in [-0.2, -0.15) is 10.4 Å². The summed E-state index contributed by atoms with van der Waals surface area (Å²) in [6.45, 7) is 0.178. The summed E-state index contributed by atoms with van der Waals surface area (Å²) in [6, 6.07) is 6.95. The monoisotopic (exact) mass is 285 g/mol. The van der Waals surface area contributed by atoms with E-state index in [-0.39, 0.29) is 24.4 Å². The van der Waals surface area contributed by atoms with Gasteiger partial charge < -0.3 is 0 Å². The maximum absolute atomic E-state index is 12.1. The summed E-state index contributed by atoms with van der Waals surface area (Å²) < 4.78 is 1.31. The number of nitro groups is 1. The van der Waals surface area contributed by atoms with Gasteiger partial charge in [0, 0.05) is 19.2 Å². The van der Waals surface area contributed by atoms with Crippen LogP contribution in [-0.2, 0) is 11.3 Å². The second kappa shape index (κ2) is 6.38. The van der Waals surface area contributed by atoms with E-state index in [0.717, 1.165) is 6.20 Å². The highest BCUT2D eigenvalue weighted by Crippen LogP contribution is 2.16. The SMILES string of the molecule is N#CC(C(=O)CCn1cc([N+](=O)[O-])cn1)c1ccccn1. The molecule has 0 amide bonds. The topological polar surface area (TPSA) is 115 Å². The molecule has 0 saturated carbocycles. The molecular formula is C13H11N5O3. The van der Waals surface area contributed by atoms with E-state index in [2.05, 4.69) is 10.1 Å². The molecule has 0 aliphatic rings. The zero-order valence-corrected chi connectivity index (χ0v) is 10.9. The predicted molar refractivity (Wildman–Crippen MR) is 71.1 cm³/mol. The van der Waals surface area contributed by atoms with Crippen LogP contribution in [0.5, 0.6) is 0 Å². The van der Waals surface area contributed by atoms with Crippen LogP contribution >= 0.6 is 0 Å². The first-order valence-corrected chi connectivity index (χ1v) is 6.12. The Morgan fingerprint density at radius 2 is 2.33 bits per heavy atom. The Balaban J connectivity index is 2.00. The zero-order chi connectivity index (χ0) is 15.2. The van der Waals surface area contributed by atoms with Crippen molar-refractivity contribution >= 4 is 11.5 Å². The van der Waals surface area contributed by atoms with E-state index in [9.17, 15) is 14.9 Å². The maximum Gasteiger partial charge on any atom is 0.306 e. The fourth-order valence-corrected chi connectivity index (χ4v) is 1.79. The van der Waals surface area contributed by atoms with Crippen molar-refractivity contribution in [2.45, 2.75) is 18.9 Å². The predicted octanol–water partition coefficient (Wildman–Crippen LogP) is 1.45. The van der Waals surface area contributed by atoms with Gasteiger partial charge >= 0.3 is 5.69 Å². The third-order valence-electron chi connectivity index (χ3n) is 2.85. The van der Waals surface area contributed by atoms with Gasteiger partial charge in [-0.3, -0.25) is 24.6 Å². The number of aryl methyl sites for hydroxylation is 1. The Morgan fingerprint density at radius 3 is 2.90 bits per heavy atom. The first-order valence-electron chi connectivity index (χ1n) is 6.12. The minimum absolute atomic E-state index is 0.0492. The van der Waals surface area contributed by atoms with Crippen molar-refractivity contribution in [3.63, 3.8) is 0 Å². The summed E-state index contributed by atoms with van der Waals surface area (Å²) in [4.78, 5) is 26.0. The Bertz CT molecular complexity index is 689. The molecule has 21 heavy (non-hydrogen) atoms. The fourth-order valence-electron chi connectivity index (χ4n) is 1.79. The molecule has 2 aromatic rings. The molecule has 0 aromatic carbocycles. The lowest BCUT2D eigenvalue weighted by atomic mass is 9.99. The molecule has 8 heteroatoms. The van der Waals surface area contributed by atoms with Crippen LogP contribution in [0.25, 0.3) is 0 Å². The van der Waals surface area contributed by atoms with Gasteiger partial charge in [0.05, 0.1) is 16.7 Å². The van der Waals surface area contributed by atoms with Crippen LogP contribution in [0.15, 0.2) is 36.8 Å². The molecule has 0 bridgehead atoms. The molecule has 0 saturated heterocycles. The molecule has 2 rings (SSSR count). The van der Waals surface area contributed by atoms with Gasteiger partial charge in [0.2, 0.25) is 0 Å². The third-order valence-corrected chi connectivity index (χ3v) is 2.85. The molecule has 106 valence electrons. The summed E-state index contributed by atoms with van der Waals surface area (Å²) >= 11 is 0. The first-order chi connectivity index (χ1) is 10.1. The van der Waals surface area contributed by atoms with Crippen molar-refractivity contribution in [3.05, 3.63) is 52.6 Å². The number of nitriles is 1. The first kappa shape index (κ1) is 14.3. The van der Waals surface area contributed by atoms with Gasteiger partial charge in [-0.1, -0.05) is 6.07 Å². The van der Waals surface area contributed by atoms with E-state index >= 15 is 0 Å². The standard InChI is InChI=1S/C13H11N5O3/c14-7-11(12-3-1-2-5-15-12)13(19)4-6-17-9-10(8-16-17)18(20)21/h1-3,5,8-9,11H,4,6H2. The molecule has 0 aliphatic heterocycles. The average Bonchev–Trinajstić information content (AvgIpc) is 2.96. The van der Waals surface area contributed by atoms with E-state index in [1.165, 1.54) is 17.1 Å². The summed E-state index contributed by atoms with van der Waals surface area (Å²) in [5, 5.41) is 23.4. The lowest BCUT2D eigenvalue weighted by Gasteiger charge is -2.07. The molecule has 1 atom stereocenters. The van der Waals surface area contributed by atoms with Gasteiger partial charge in [0.1, 0.15) is 18.3 Å². The Labute approximate surface area is 119 Å². The highest BCUT2D eigenvalue weighted by Gasteiger charge is 2.21. The highest BCUT2D eigenvalue weighted by molar-refractivity contribution is 5.87. The Morgan fingerprint density at radius 1 is 1.52 bits per heavy atom. The number of hydrogen-bond donors (Lipinski definition) is 0. The quantitative estimate of drug-likeness (QED) is 0.586. The number of carbonyl (C=O) groups is 1. The lowest BCUT2D eigenvalue weighted by molar-refractivity contribution is -0.385. The number of hydrogen-bond acceptors (Lipinski definition) is 6. The van der Waals surface area contributed by atoms with Crippen LogP contribution in [0.1, 0.15) is 18.0 Å². The van der Waals surface area contributed by atoms with Crippen molar-refractivity contribution in [2.75, 3.05) is 0 Å². The van der Waals surface area contributed by atoms with Crippen molar-refractivity contribution in [1.29, 1.82) is 5.26 Å². The van der Waals surface area contributed by atoms with Crippen LogP contribution < -0.4 is 0 Å². The molecule has 1 unspecified atom stereocenters. The summed E-state index contributed by atoms with van der Waals surface area (Å²) in [7, 11) is 0. The second-order valence-electron chi connectivity index (χ2n) is 4.25. The normalized spacial score (nSPS) is 11.6. The number of rotatable bonds is 6. The smallest absolute Gasteiger partial charge is 0.298 e. The van der Waals surface area contributed by atoms with Crippen molar-refractivity contribution in [2.24, 2.45) is 0 Å². The second-order valence-corrected chi connectivity index (χ2v) is 4.25. The maximum atomic E-state index is 12.1. The minimum atomic E-state index is -0.934. The van der Waals surface area contributed by atoms with E-state index < -0.39 is 10.8 Å². The lowest BCUT2D eigenvalue weighted by Crippen LogP contribution is -2.15. The van der Waals surface area contributed by atoms with Crippen LogP contribution in [0.4, 0.5) is 5.69 Å². The molecule has 2 aromatic heterocycles. The van der Waals surface area contributed by atoms with Crippen LogP contribution in [-0.4, -0.2) is 25.5 Å². The molecule has 0 fully saturated rings. The van der Waals surface area contributed by atoms with Crippen molar-refractivity contribution < 1.29 is 9.72 Å². The van der Waals surface area contributed by atoms with Gasteiger partial charge in [-0.15, -0.1) is 0 Å². The van der Waals surface area contributed by atoms with Crippen LogP contribution in [0, 0.1) is 21.4 Å². The highest BCUT2D eigenvalue weighted by atomic mass is 16.6. The van der Waals surface area contributed by atoms with E-state index in [0.29, 0.717) is 5.69 Å². The Hall–Kier alpha value is -3.08. The molecule has 0 spiro atoms. The largest absolute Gasteiger partial charge is 0.306 e. The molecule has 0 aliphatic carbocycles. The Kier molecular flexibility index (Phi) is 4.36. The van der Waals surface area contributed by atoms with Gasteiger partial charge in [-0.05, 0) is 12.1 Å². The number of pyridine rings is 1. The summed E-state index contributed by atoms with van der Waals surface area (Å²) in [5.74, 6) is -1.23. The number of Topliss-reactive ketones (excluding diaryl/α,β-unsaturated/α-hetero) is 1. The van der Waals surface area contributed by atoms with Crippen molar-refractivity contribution in [3.8, 4) is 6.07 Å². The molecule has 0 N–H and O–H groups in total. The van der Waals surface area contributed by atoms with E-state index in [1.807, 2.05) is 6.07 Å². The summed E-state index contributed by atoms with van der Waals surface area (Å²) in [5.41, 5.74) is 0.264. The zero-order valence-electron chi connectivity index (χ0n) is 10.9. The van der Waals surface area contributed by atoms with Gasteiger partial charge in [-0.25, -0.2) is 0 Å². The third kappa shape index (κ3) is 3.48. The average molecular weight is 285 g/mol. The molecule has 2 heterocycles. The van der Waals surface area contributed by atoms with E-state index in [1.54, 1.807) is 18.2 Å². The molecular weight excluding hydrogens is 274 g/mol. The molecule has 0 radical (unpaired) electrons. The number of ketones is 1. The van der Waals surface area contributed by atoms with Crippen LogP contribution in [0.2, 0.25) is 0 Å².